The summed E-state index contributed by atoms with van der Waals surface area (Å²) in [6.07, 6.45) is 1.70. The topological polar surface area (TPSA) is 4.93 Å². The molecule has 1 aromatic heterocycles. The molecular weight excluding hydrogens is 193 g/mol. The van der Waals surface area contributed by atoms with Crippen molar-refractivity contribution in [2.24, 2.45) is 0 Å². The summed E-state index contributed by atoms with van der Waals surface area (Å²) in [5, 5.41) is 1.70. The second kappa shape index (κ2) is 2.68. The minimum Gasteiger partial charge on any atom is -0.259 e. The Labute approximate surface area is 80.6 Å². The number of fused-ring (bicyclic) bond motifs is 1. The molecule has 2 rings (SSSR count). The van der Waals surface area contributed by atoms with Crippen LogP contribution in [0.25, 0.3) is 10.9 Å². The summed E-state index contributed by atoms with van der Waals surface area (Å²) < 4.78 is 1.51. The van der Waals surface area contributed by atoms with Gasteiger partial charge >= 0.3 is 0 Å². The minimum atomic E-state index is 0.698. The Balaban J connectivity index is 2.90. The average molecular weight is 200 g/mol. The van der Waals surface area contributed by atoms with E-state index in [1.54, 1.807) is 6.20 Å². The van der Waals surface area contributed by atoms with Crippen LogP contribution in [0.1, 0.15) is 5.56 Å². The van der Waals surface area contributed by atoms with Crippen molar-refractivity contribution in [3.05, 3.63) is 35.0 Å². The molecule has 0 aliphatic carbocycles. The van der Waals surface area contributed by atoms with Crippen molar-refractivity contribution >= 4 is 34.3 Å². The van der Waals surface area contributed by atoms with Crippen molar-refractivity contribution in [3.8, 4) is 0 Å². The van der Waals surface area contributed by atoms with E-state index in [4.69, 9.17) is 23.4 Å². The van der Waals surface area contributed by atoms with Crippen LogP contribution in [0.2, 0.25) is 5.02 Å². The van der Waals surface area contributed by atoms with Gasteiger partial charge in [0.1, 0.15) is 0 Å². The van der Waals surface area contributed by atoms with Gasteiger partial charge in [-0.3, -0.25) is 4.09 Å². The quantitative estimate of drug-likeness (QED) is 0.612. The van der Waals surface area contributed by atoms with Crippen LogP contribution in [0.3, 0.4) is 0 Å². The molecule has 0 N–H and O–H groups in total. The Kier molecular flexibility index (Phi) is 1.78. The lowest BCUT2D eigenvalue weighted by Crippen LogP contribution is -1.76. The third-order valence-corrected chi connectivity index (χ3v) is 2.45. The molecule has 1 nitrogen and oxygen atoms in total. The van der Waals surface area contributed by atoms with Gasteiger partial charge in [0.25, 0.3) is 0 Å². The highest BCUT2D eigenvalue weighted by Crippen LogP contribution is 2.27. The first kappa shape index (κ1) is 7.96. The van der Waals surface area contributed by atoms with Gasteiger partial charge in [-0.25, -0.2) is 0 Å². The molecule has 12 heavy (non-hydrogen) atoms. The van der Waals surface area contributed by atoms with Gasteiger partial charge in [-0.15, -0.1) is 0 Å². The number of nitrogens with zero attached hydrogens (tertiary/aromatic N) is 1. The van der Waals surface area contributed by atoms with E-state index in [-0.39, 0.29) is 0 Å². The van der Waals surface area contributed by atoms with Crippen LogP contribution in [0.5, 0.6) is 0 Å². The molecule has 0 unspecified atom stereocenters. The SMILES string of the molecule is Cc1ccc2c(c1)c(Cl)cn2Cl. The normalized spacial score (nSPS) is 10.9. The molecule has 3 heteroatoms. The molecule has 0 aliphatic heterocycles. The van der Waals surface area contributed by atoms with Gasteiger partial charge in [0.15, 0.2) is 0 Å². The monoisotopic (exact) mass is 199 g/mol. The fourth-order valence-corrected chi connectivity index (χ4v) is 1.81. The van der Waals surface area contributed by atoms with E-state index in [1.165, 1.54) is 9.65 Å². The number of hydrogen-bond donors (Lipinski definition) is 0. The Bertz CT molecular complexity index is 431. The minimum absolute atomic E-state index is 0.698. The van der Waals surface area contributed by atoms with E-state index in [0.29, 0.717) is 5.02 Å². The molecule has 0 aliphatic rings. The highest BCUT2D eigenvalue weighted by atomic mass is 35.5. The third-order valence-electron chi connectivity index (χ3n) is 1.87. The zero-order chi connectivity index (χ0) is 8.72. The summed E-state index contributed by atoms with van der Waals surface area (Å²) in [5.41, 5.74) is 2.14. The first-order valence-corrected chi connectivity index (χ1v) is 4.33. The Hall–Kier alpha value is -0.660. The first-order chi connectivity index (χ1) is 5.68. The molecular formula is C9H7Cl2N. The van der Waals surface area contributed by atoms with Crippen LogP contribution < -0.4 is 0 Å². The van der Waals surface area contributed by atoms with E-state index in [2.05, 4.69) is 0 Å². The van der Waals surface area contributed by atoms with E-state index >= 15 is 0 Å². The van der Waals surface area contributed by atoms with Crippen LogP contribution in [-0.4, -0.2) is 4.09 Å². The summed E-state index contributed by atoms with van der Waals surface area (Å²) in [7, 11) is 0. The number of aromatic nitrogens is 1. The van der Waals surface area contributed by atoms with Gasteiger partial charge in [-0.1, -0.05) is 23.2 Å². The van der Waals surface area contributed by atoms with E-state index in [9.17, 15) is 0 Å². The standard InChI is InChI=1S/C9H7Cl2N/c1-6-2-3-9-7(4-6)8(10)5-12(9)11/h2-5H,1H3. The molecule has 0 saturated heterocycles. The lowest BCUT2D eigenvalue weighted by Gasteiger charge is -1.94. The molecule has 0 radical (unpaired) electrons. The lowest BCUT2D eigenvalue weighted by atomic mass is 10.2. The highest BCUT2D eigenvalue weighted by Gasteiger charge is 2.04. The zero-order valence-electron chi connectivity index (χ0n) is 6.51. The van der Waals surface area contributed by atoms with Crippen molar-refractivity contribution < 1.29 is 0 Å². The second-order valence-corrected chi connectivity index (χ2v) is 3.58. The largest absolute Gasteiger partial charge is 0.259 e. The number of rotatable bonds is 0. The summed E-state index contributed by atoms with van der Waals surface area (Å²) >= 11 is 11.8. The molecule has 0 atom stereocenters. The van der Waals surface area contributed by atoms with E-state index < -0.39 is 0 Å². The Morgan fingerprint density at radius 2 is 2.08 bits per heavy atom. The predicted octanol–water partition coefficient (Wildman–Crippen LogP) is 3.61. The van der Waals surface area contributed by atoms with E-state index in [1.807, 2.05) is 25.1 Å². The second-order valence-electron chi connectivity index (χ2n) is 2.81. The molecule has 0 fully saturated rings. The summed E-state index contributed by atoms with van der Waals surface area (Å²) in [6.45, 7) is 2.03. The number of hydrogen-bond acceptors (Lipinski definition) is 0. The number of benzene rings is 1. The van der Waals surface area contributed by atoms with Crippen molar-refractivity contribution in [3.63, 3.8) is 0 Å². The van der Waals surface area contributed by atoms with E-state index in [0.717, 1.165) is 10.9 Å². The highest BCUT2D eigenvalue weighted by molar-refractivity contribution is 6.37. The molecule has 62 valence electrons. The molecule has 1 aromatic carbocycles. The molecule has 0 amide bonds. The Morgan fingerprint density at radius 3 is 2.83 bits per heavy atom. The van der Waals surface area contributed by atoms with Crippen molar-refractivity contribution in [2.45, 2.75) is 6.92 Å². The van der Waals surface area contributed by atoms with Crippen LogP contribution in [0.15, 0.2) is 24.4 Å². The van der Waals surface area contributed by atoms with Crippen molar-refractivity contribution in [1.29, 1.82) is 0 Å². The fourth-order valence-electron chi connectivity index (χ4n) is 1.27. The predicted molar refractivity (Wildman–Crippen MR) is 52.9 cm³/mol. The third kappa shape index (κ3) is 1.10. The molecule has 1 heterocycles. The zero-order valence-corrected chi connectivity index (χ0v) is 8.02. The fraction of sp³-hybridized carbons (Fsp3) is 0.111. The van der Waals surface area contributed by atoms with Gasteiger partial charge in [-0.2, -0.15) is 0 Å². The maximum atomic E-state index is 5.94. The van der Waals surface area contributed by atoms with Crippen molar-refractivity contribution in [2.75, 3.05) is 0 Å². The first-order valence-electron chi connectivity index (χ1n) is 3.62. The summed E-state index contributed by atoms with van der Waals surface area (Å²) in [4.78, 5) is 0. The summed E-state index contributed by atoms with van der Waals surface area (Å²) in [6, 6.07) is 6.00. The van der Waals surface area contributed by atoms with Crippen LogP contribution in [-0.2, 0) is 0 Å². The smallest absolute Gasteiger partial charge is 0.0676 e. The molecule has 0 bridgehead atoms. The average Bonchev–Trinajstić information content (AvgIpc) is 2.28. The van der Waals surface area contributed by atoms with Crippen LogP contribution in [0.4, 0.5) is 0 Å². The lowest BCUT2D eigenvalue weighted by molar-refractivity contribution is 1.32. The molecule has 0 spiro atoms. The van der Waals surface area contributed by atoms with Crippen molar-refractivity contribution in [1.82, 2.24) is 4.09 Å². The number of halogens is 2. The number of aryl methyl sites for hydroxylation is 1. The Morgan fingerprint density at radius 1 is 1.33 bits per heavy atom. The van der Waals surface area contributed by atoms with Crippen LogP contribution >= 0.6 is 23.4 Å². The van der Waals surface area contributed by atoms with Gasteiger partial charge in [0.05, 0.1) is 10.5 Å². The van der Waals surface area contributed by atoms with Gasteiger partial charge in [0.2, 0.25) is 0 Å². The van der Waals surface area contributed by atoms with Gasteiger partial charge < -0.3 is 0 Å². The van der Waals surface area contributed by atoms with Gasteiger partial charge in [0, 0.05) is 23.4 Å². The molecule has 0 saturated carbocycles. The summed E-state index contributed by atoms with van der Waals surface area (Å²) in [5.74, 6) is 0. The van der Waals surface area contributed by atoms with Crippen LogP contribution in [0, 0.1) is 6.92 Å². The maximum Gasteiger partial charge on any atom is 0.0676 e. The maximum absolute atomic E-state index is 5.94. The van der Waals surface area contributed by atoms with Gasteiger partial charge in [-0.05, 0) is 19.1 Å². The molecule has 2 aromatic rings.